The molecule has 0 aliphatic heterocycles. The van der Waals surface area contributed by atoms with Crippen LogP contribution in [0, 0.1) is 6.92 Å². The molecule has 0 unspecified atom stereocenters. The third kappa shape index (κ3) is 4.14. The molecule has 9 heavy (non-hydrogen) atoms. The molecule has 0 amide bonds. The van der Waals surface area contributed by atoms with E-state index in [1.54, 1.807) is 0 Å². The Kier molecular flexibility index (Phi) is 4.30. The minimum Gasteiger partial charge on any atom is -0.393 e. The van der Waals surface area contributed by atoms with Crippen LogP contribution in [0.4, 0.5) is 0 Å². The highest BCUT2D eigenvalue weighted by molar-refractivity contribution is 9.09. The van der Waals surface area contributed by atoms with Gasteiger partial charge in [-0.2, -0.15) is 0 Å². The highest BCUT2D eigenvalue weighted by Crippen LogP contribution is 1.88. The molecule has 0 aliphatic rings. The third-order valence-electron chi connectivity index (χ3n) is 0.541. The number of halogens is 1. The first-order valence-electron chi connectivity index (χ1n) is 2.29. The van der Waals surface area contributed by atoms with Crippen molar-refractivity contribution in [2.75, 3.05) is 5.33 Å². The second-order valence-electron chi connectivity index (χ2n) is 1.23. The summed E-state index contributed by atoms with van der Waals surface area (Å²) in [5.74, 6) is -1.18. The van der Waals surface area contributed by atoms with Crippen molar-refractivity contribution in [3.63, 3.8) is 0 Å². The van der Waals surface area contributed by atoms with Gasteiger partial charge in [-0.05, 0) is 6.92 Å². The Morgan fingerprint density at radius 1 is 1.44 bits per heavy atom. The van der Waals surface area contributed by atoms with E-state index < -0.39 is 11.9 Å². The molecule has 0 aromatic heterocycles. The number of hydrogen-bond donors (Lipinski definition) is 0. The van der Waals surface area contributed by atoms with Gasteiger partial charge >= 0.3 is 11.9 Å². The second kappa shape index (κ2) is 4.49. The molecule has 0 spiro atoms. The van der Waals surface area contributed by atoms with Crippen molar-refractivity contribution in [3.05, 3.63) is 6.92 Å². The van der Waals surface area contributed by atoms with Crippen LogP contribution in [0.5, 0.6) is 0 Å². The summed E-state index contributed by atoms with van der Waals surface area (Å²) in [5.41, 5.74) is 0. The Hall–Kier alpha value is -0.380. The van der Waals surface area contributed by atoms with Crippen LogP contribution in [0.15, 0.2) is 0 Å². The van der Waals surface area contributed by atoms with Crippen LogP contribution >= 0.6 is 15.9 Å². The average molecular weight is 194 g/mol. The fourth-order valence-electron chi connectivity index (χ4n) is 0.205. The number of carbonyl (C=O) groups excluding carboxylic acids is 2. The molecule has 0 fully saturated rings. The topological polar surface area (TPSA) is 43.4 Å². The highest BCUT2D eigenvalue weighted by Gasteiger charge is 2.04. The van der Waals surface area contributed by atoms with E-state index in [4.69, 9.17) is 0 Å². The molecular formula is C5H6BrO3. The summed E-state index contributed by atoms with van der Waals surface area (Å²) in [5, 5.41) is 0.0404. The van der Waals surface area contributed by atoms with E-state index in [1.165, 1.54) is 0 Å². The lowest BCUT2D eigenvalue weighted by atomic mass is 10.5. The van der Waals surface area contributed by atoms with E-state index >= 15 is 0 Å². The van der Waals surface area contributed by atoms with E-state index in [-0.39, 0.29) is 11.8 Å². The number of rotatable bonds is 2. The van der Waals surface area contributed by atoms with E-state index in [1.807, 2.05) is 0 Å². The molecule has 0 aromatic rings. The average Bonchev–Trinajstić information content (AvgIpc) is 1.87. The fraction of sp³-hybridized carbons (Fsp3) is 0.400. The zero-order chi connectivity index (χ0) is 7.28. The molecule has 51 valence electrons. The third-order valence-corrected chi connectivity index (χ3v) is 0.999. The van der Waals surface area contributed by atoms with Gasteiger partial charge in [-0.25, -0.2) is 0 Å². The summed E-state index contributed by atoms with van der Waals surface area (Å²) in [6, 6.07) is 0. The summed E-state index contributed by atoms with van der Waals surface area (Å²) in [7, 11) is 0. The molecular weight excluding hydrogens is 188 g/mol. The Morgan fingerprint density at radius 3 is 2.33 bits per heavy atom. The molecule has 0 aliphatic carbocycles. The standard InChI is InChI=1S/C5H6BrO3/c1-2-4(7)9-5(8)3-6/h1-3H2. The first kappa shape index (κ1) is 8.62. The Labute approximate surface area is 61.5 Å². The van der Waals surface area contributed by atoms with Crippen molar-refractivity contribution in [2.24, 2.45) is 0 Å². The minimum absolute atomic E-state index is 0.0151. The van der Waals surface area contributed by atoms with Crippen LogP contribution in [-0.4, -0.2) is 17.3 Å². The zero-order valence-electron chi connectivity index (χ0n) is 4.72. The van der Waals surface area contributed by atoms with Gasteiger partial charge in [0.1, 0.15) is 5.33 Å². The smallest absolute Gasteiger partial charge is 0.324 e. The largest absolute Gasteiger partial charge is 0.393 e. The van der Waals surface area contributed by atoms with Gasteiger partial charge in [0.25, 0.3) is 0 Å². The van der Waals surface area contributed by atoms with Crippen molar-refractivity contribution in [2.45, 2.75) is 6.42 Å². The maximum Gasteiger partial charge on any atom is 0.324 e. The van der Waals surface area contributed by atoms with Gasteiger partial charge in [-0.15, -0.1) is 0 Å². The molecule has 0 saturated heterocycles. The molecule has 0 aromatic carbocycles. The first-order chi connectivity index (χ1) is 4.20. The van der Waals surface area contributed by atoms with Gasteiger partial charge in [0.05, 0.1) is 0 Å². The highest BCUT2D eigenvalue weighted by atomic mass is 79.9. The van der Waals surface area contributed by atoms with Gasteiger partial charge in [0.2, 0.25) is 0 Å². The summed E-state index contributed by atoms with van der Waals surface area (Å²) in [4.78, 5) is 20.5. The van der Waals surface area contributed by atoms with E-state index in [0.29, 0.717) is 0 Å². The lowest BCUT2D eigenvalue weighted by Gasteiger charge is -1.94. The quantitative estimate of drug-likeness (QED) is 0.368. The Morgan fingerprint density at radius 2 is 2.00 bits per heavy atom. The summed E-state index contributed by atoms with van der Waals surface area (Å²) < 4.78 is 4.16. The monoisotopic (exact) mass is 193 g/mol. The van der Waals surface area contributed by atoms with Gasteiger partial charge < -0.3 is 4.74 Å². The van der Waals surface area contributed by atoms with Gasteiger partial charge in [-0.1, -0.05) is 15.9 Å². The summed E-state index contributed by atoms with van der Waals surface area (Å²) >= 11 is 2.83. The molecule has 0 bridgehead atoms. The molecule has 4 heteroatoms. The van der Waals surface area contributed by atoms with Gasteiger partial charge in [-0.3, -0.25) is 9.59 Å². The predicted octanol–water partition coefficient (Wildman–Crippen LogP) is 0.675. The van der Waals surface area contributed by atoms with Crippen LogP contribution in [0.2, 0.25) is 0 Å². The van der Waals surface area contributed by atoms with Crippen molar-refractivity contribution < 1.29 is 14.3 Å². The molecule has 1 radical (unpaired) electrons. The number of esters is 2. The fourth-order valence-corrected chi connectivity index (χ4v) is 0.320. The number of ether oxygens (including phenoxy) is 1. The normalized spacial score (nSPS) is 8.67. The maximum atomic E-state index is 10.3. The maximum absolute atomic E-state index is 10.3. The Bertz CT molecular complexity index is 107. The molecule has 0 heterocycles. The molecule has 3 nitrogen and oxygen atoms in total. The van der Waals surface area contributed by atoms with Gasteiger partial charge in [0.15, 0.2) is 0 Å². The number of hydrogen-bond acceptors (Lipinski definition) is 3. The van der Waals surface area contributed by atoms with Crippen LogP contribution < -0.4 is 0 Å². The lowest BCUT2D eigenvalue weighted by molar-refractivity contribution is -0.157. The molecule has 0 N–H and O–H groups in total. The summed E-state index contributed by atoms with van der Waals surface area (Å²) in [6.07, 6.45) is -0.0151. The van der Waals surface area contributed by atoms with Crippen molar-refractivity contribution in [1.82, 2.24) is 0 Å². The summed E-state index contributed by atoms with van der Waals surface area (Å²) in [6.45, 7) is 3.23. The van der Waals surface area contributed by atoms with Crippen LogP contribution in [0.1, 0.15) is 6.42 Å². The van der Waals surface area contributed by atoms with Crippen molar-refractivity contribution in [1.29, 1.82) is 0 Å². The predicted molar refractivity (Wildman–Crippen MR) is 34.9 cm³/mol. The van der Waals surface area contributed by atoms with E-state index in [9.17, 15) is 9.59 Å². The van der Waals surface area contributed by atoms with Crippen molar-refractivity contribution >= 4 is 27.9 Å². The lowest BCUT2D eigenvalue weighted by Crippen LogP contribution is -2.11. The minimum atomic E-state index is -0.598. The zero-order valence-corrected chi connectivity index (χ0v) is 6.31. The van der Waals surface area contributed by atoms with Crippen LogP contribution in [-0.2, 0) is 14.3 Å². The van der Waals surface area contributed by atoms with Gasteiger partial charge in [0, 0.05) is 6.42 Å². The molecule has 0 atom stereocenters. The SMILES string of the molecule is [CH2]CC(=O)OC(=O)CBr. The van der Waals surface area contributed by atoms with E-state index in [0.717, 1.165) is 0 Å². The van der Waals surface area contributed by atoms with Crippen LogP contribution in [0.25, 0.3) is 0 Å². The first-order valence-corrected chi connectivity index (χ1v) is 3.41. The molecule has 0 saturated carbocycles. The van der Waals surface area contributed by atoms with E-state index in [2.05, 4.69) is 27.6 Å². The van der Waals surface area contributed by atoms with Crippen LogP contribution in [0.3, 0.4) is 0 Å². The second-order valence-corrected chi connectivity index (χ2v) is 1.79. The number of alkyl halides is 1. The van der Waals surface area contributed by atoms with Crippen molar-refractivity contribution in [3.8, 4) is 0 Å². The Balaban J connectivity index is 3.47. The number of carbonyl (C=O) groups is 2. The molecule has 0 rings (SSSR count).